The number of rotatable bonds is 1. The average molecular weight is 155 g/mol. The number of ketones is 1. The third kappa shape index (κ3) is 2.03. The van der Waals surface area contributed by atoms with Gasteiger partial charge in [0.1, 0.15) is 5.78 Å². The molecule has 0 radical (unpaired) electrons. The van der Waals surface area contributed by atoms with Crippen LogP contribution >= 0.6 is 0 Å². The van der Waals surface area contributed by atoms with Crippen LogP contribution in [0.2, 0.25) is 0 Å². The Balaban J connectivity index is 2.46. The molecule has 1 atom stereocenters. The van der Waals surface area contributed by atoms with Crippen LogP contribution in [0, 0.1) is 5.92 Å². The zero-order valence-electron chi connectivity index (χ0n) is 7.63. The van der Waals surface area contributed by atoms with Crippen molar-refractivity contribution in [3.05, 3.63) is 0 Å². The zero-order chi connectivity index (χ0) is 8.43. The molecule has 0 bridgehead atoms. The topological polar surface area (TPSA) is 20.3 Å². The van der Waals surface area contributed by atoms with Crippen LogP contribution in [0.3, 0.4) is 0 Å². The smallest absolute Gasteiger partial charge is 0.149 e. The Morgan fingerprint density at radius 3 is 2.64 bits per heavy atom. The maximum Gasteiger partial charge on any atom is 0.149 e. The summed E-state index contributed by atoms with van der Waals surface area (Å²) in [5.74, 6) is 0.704. The number of carbonyl (C=O) groups is 1. The van der Waals surface area contributed by atoms with Gasteiger partial charge in [-0.3, -0.25) is 9.69 Å². The first-order valence-electron chi connectivity index (χ1n) is 4.38. The number of Topliss-reactive ketones (excluding diaryl/α,β-unsaturated/α-hetero) is 1. The number of hydrogen-bond acceptors (Lipinski definition) is 2. The van der Waals surface area contributed by atoms with Crippen LogP contribution in [0.4, 0.5) is 0 Å². The quantitative estimate of drug-likeness (QED) is 0.569. The highest BCUT2D eigenvalue weighted by Gasteiger charge is 2.24. The van der Waals surface area contributed by atoms with Crippen molar-refractivity contribution in [2.75, 3.05) is 13.1 Å². The lowest BCUT2D eigenvalue weighted by molar-refractivity contribution is -0.126. The monoisotopic (exact) mass is 155 g/mol. The maximum absolute atomic E-state index is 11.3. The summed E-state index contributed by atoms with van der Waals surface area (Å²) >= 11 is 0. The van der Waals surface area contributed by atoms with Crippen molar-refractivity contribution >= 4 is 5.78 Å². The van der Waals surface area contributed by atoms with Gasteiger partial charge in [-0.1, -0.05) is 6.92 Å². The normalized spacial score (nSPS) is 28.0. The van der Waals surface area contributed by atoms with Crippen LogP contribution in [-0.2, 0) is 4.79 Å². The minimum absolute atomic E-state index is 0.296. The van der Waals surface area contributed by atoms with Crippen LogP contribution in [0.25, 0.3) is 0 Å². The minimum atomic E-state index is 0.296. The molecule has 1 rings (SSSR count). The maximum atomic E-state index is 11.3. The van der Waals surface area contributed by atoms with Crippen molar-refractivity contribution in [2.24, 2.45) is 5.92 Å². The van der Waals surface area contributed by atoms with Gasteiger partial charge in [0, 0.05) is 12.0 Å². The van der Waals surface area contributed by atoms with Crippen LogP contribution < -0.4 is 0 Å². The second-order valence-electron chi connectivity index (χ2n) is 3.72. The summed E-state index contributed by atoms with van der Waals surface area (Å²) in [6, 6.07) is 0.520. The fourth-order valence-electron chi connectivity index (χ4n) is 1.40. The standard InChI is InChI=1S/C9H17NO/c1-7(2)10-5-4-8(3)9(11)6-10/h7-8H,4-6H2,1-3H3. The van der Waals surface area contributed by atoms with Gasteiger partial charge in [0.05, 0.1) is 6.54 Å². The number of nitrogens with zero attached hydrogens (tertiary/aromatic N) is 1. The van der Waals surface area contributed by atoms with E-state index in [4.69, 9.17) is 0 Å². The van der Waals surface area contributed by atoms with Gasteiger partial charge in [0.15, 0.2) is 0 Å². The first-order chi connectivity index (χ1) is 5.11. The van der Waals surface area contributed by atoms with Gasteiger partial charge in [-0.05, 0) is 26.8 Å². The average Bonchev–Trinajstić information content (AvgIpc) is 1.94. The van der Waals surface area contributed by atoms with E-state index < -0.39 is 0 Å². The molecule has 1 heterocycles. The summed E-state index contributed by atoms with van der Waals surface area (Å²) in [7, 11) is 0. The number of likely N-dealkylation sites (tertiary alicyclic amines) is 1. The van der Waals surface area contributed by atoms with E-state index in [0.29, 0.717) is 24.3 Å². The largest absolute Gasteiger partial charge is 0.298 e. The molecular weight excluding hydrogens is 138 g/mol. The van der Waals surface area contributed by atoms with Crippen LogP contribution in [0.15, 0.2) is 0 Å². The summed E-state index contributed by atoms with van der Waals surface area (Å²) in [5, 5.41) is 0. The van der Waals surface area contributed by atoms with Gasteiger partial charge in [-0.15, -0.1) is 0 Å². The fourth-order valence-corrected chi connectivity index (χ4v) is 1.40. The van der Waals surface area contributed by atoms with Gasteiger partial charge < -0.3 is 0 Å². The van der Waals surface area contributed by atoms with E-state index in [1.165, 1.54) is 0 Å². The van der Waals surface area contributed by atoms with Crippen molar-refractivity contribution in [3.63, 3.8) is 0 Å². The Hall–Kier alpha value is -0.370. The molecule has 64 valence electrons. The van der Waals surface area contributed by atoms with Gasteiger partial charge in [-0.25, -0.2) is 0 Å². The number of hydrogen-bond donors (Lipinski definition) is 0. The molecular formula is C9H17NO. The number of piperidine rings is 1. The minimum Gasteiger partial charge on any atom is -0.298 e. The molecule has 2 heteroatoms. The van der Waals surface area contributed by atoms with Crippen molar-refractivity contribution in [1.29, 1.82) is 0 Å². The molecule has 0 spiro atoms. The Bertz CT molecular complexity index is 154. The molecule has 1 saturated heterocycles. The molecule has 0 aromatic rings. The van der Waals surface area contributed by atoms with Gasteiger partial charge in [-0.2, -0.15) is 0 Å². The fraction of sp³-hybridized carbons (Fsp3) is 0.889. The molecule has 1 aliphatic heterocycles. The summed E-state index contributed by atoms with van der Waals surface area (Å²) in [4.78, 5) is 13.5. The van der Waals surface area contributed by atoms with Gasteiger partial charge >= 0.3 is 0 Å². The predicted octanol–water partition coefficient (Wildman–Crippen LogP) is 1.31. The molecule has 1 unspecified atom stereocenters. The highest BCUT2D eigenvalue weighted by atomic mass is 16.1. The molecule has 11 heavy (non-hydrogen) atoms. The molecule has 0 aromatic carbocycles. The summed E-state index contributed by atoms with van der Waals surface area (Å²) in [6.07, 6.45) is 1.04. The van der Waals surface area contributed by atoms with Crippen LogP contribution in [0.5, 0.6) is 0 Å². The Morgan fingerprint density at radius 2 is 2.18 bits per heavy atom. The Labute approximate surface area is 68.6 Å². The highest BCUT2D eigenvalue weighted by Crippen LogP contribution is 2.14. The van der Waals surface area contributed by atoms with Crippen molar-refractivity contribution in [2.45, 2.75) is 33.2 Å². The summed E-state index contributed by atoms with van der Waals surface area (Å²) < 4.78 is 0. The van der Waals surface area contributed by atoms with Crippen molar-refractivity contribution in [3.8, 4) is 0 Å². The van der Waals surface area contributed by atoms with Crippen LogP contribution in [-0.4, -0.2) is 29.8 Å². The molecule has 0 aromatic heterocycles. The van der Waals surface area contributed by atoms with E-state index in [0.717, 1.165) is 13.0 Å². The summed E-state index contributed by atoms with van der Waals surface area (Å²) in [5.41, 5.74) is 0. The van der Waals surface area contributed by atoms with Crippen LogP contribution in [0.1, 0.15) is 27.2 Å². The van der Waals surface area contributed by atoms with E-state index in [2.05, 4.69) is 18.7 Å². The van der Waals surface area contributed by atoms with E-state index in [1.54, 1.807) is 0 Å². The van der Waals surface area contributed by atoms with E-state index in [-0.39, 0.29) is 0 Å². The second kappa shape index (κ2) is 3.35. The molecule has 1 aliphatic rings. The predicted molar refractivity (Wildman–Crippen MR) is 45.5 cm³/mol. The lowest BCUT2D eigenvalue weighted by atomic mass is 9.97. The summed E-state index contributed by atoms with van der Waals surface area (Å²) in [6.45, 7) is 8.07. The first kappa shape index (κ1) is 8.72. The van der Waals surface area contributed by atoms with Gasteiger partial charge in [0.2, 0.25) is 0 Å². The van der Waals surface area contributed by atoms with E-state index >= 15 is 0 Å². The molecule has 0 amide bonds. The third-order valence-electron chi connectivity index (χ3n) is 2.49. The Kier molecular flexibility index (Phi) is 2.66. The second-order valence-corrected chi connectivity index (χ2v) is 3.72. The highest BCUT2D eigenvalue weighted by molar-refractivity contribution is 5.83. The number of carbonyl (C=O) groups excluding carboxylic acids is 1. The molecule has 0 N–H and O–H groups in total. The zero-order valence-corrected chi connectivity index (χ0v) is 7.63. The molecule has 2 nitrogen and oxygen atoms in total. The van der Waals surface area contributed by atoms with Crippen molar-refractivity contribution < 1.29 is 4.79 Å². The lowest BCUT2D eigenvalue weighted by Gasteiger charge is -2.31. The van der Waals surface area contributed by atoms with E-state index in [1.807, 2.05) is 6.92 Å². The molecule has 0 aliphatic carbocycles. The third-order valence-corrected chi connectivity index (χ3v) is 2.49. The Morgan fingerprint density at radius 1 is 1.55 bits per heavy atom. The lowest BCUT2D eigenvalue weighted by Crippen LogP contribution is -2.43. The van der Waals surface area contributed by atoms with Crippen molar-refractivity contribution in [1.82, 2.24) is 4.90 Å². The first-order valence-corrected chi connectivity index (χ1v) is 4.38. The van der Waals surface area contributed by atoms with E-state index in [9.17, 15) is 4.79 Å². The SMILES string of the molecule is CC1CCN(C(C)C)CC1=O. The molecule has 0 saturated carbocycles. The molecule has 1 fully saturated rings. The van der Waals surface area contributed by atoms with Gasteiger partial charge in [0.25, 0.3) is 0 Å².